The van der Waals surface area contributed by atoms with E-state index in [1.54, 1.807) is 7.11 Å². The lowest BCUT2D eigenvalue weighted by Gasteiger charge is -2.34. The van der Waals surface area contributed by atoms with E-state index >= 15 is 0 Å². The molecule has 5 rings (SSSR count). The van der Waals surface area contributed by atoms with Crippen LogP contribution in [0, 0.1) is 5.82 Å². The second-order valence-corrected chi connectivity index (χ2v) is 9.75. The summed E-state index contributed by atoms with van der Waals surface area (Å²) in [4.78, 5) is 7.24. The summed E-state index contributed by atoms with van der Waals surface area (Å²) in [5.41, 5.74) is 1.93. The fourth-order valence-corrected chi connectivity index (χ4v) is 5.55. The second kappa shape index (κ2) is 11.5. The Morgan fingerprint density at radius 1 is 1.08 bits per heavy atom. The summed E-state index contributed by atoms with van der Waals surface area (Å²) in [5.74, 6) is 2.54. The molecule has 2 aliphatic rings. The number of halogens is 1. The van der Waals surface area contributed by atoms with Crippen molar-refractivity contribution in [2.75, 3.05) is 46.5 Å². The van der Waals surface area contributed by atoms with Crippen molar-refractivity contribution >= 4 is 0 Å². The summed E-state index contributed by atoms with van der Waals surface area (Å²) in [7, 11) is 1.75. The van der Waals surface area contributed by atoms with E-state index in [2.05, 4.69) is 33.6 Å². The molecule has 0 atom stereocenters. The summed E-state index contributed by atoms with van der Waals surface area (Å²) >= 11 is 0. The fraction of sp³-hybridized carbons (Fsp3) is 0.500. The molecule has 0 radical (unpaired) electrons. The lowest BCUT2D eigenvalue weighted by molar-refractivity contribution is 0.0597. The van der Waals surface area contributed by atoms with Crippen LogP contribution in [-0.4, -0.2) is 61.5 Å². The molecule has 3 heterocycles. The number of ether oxygens (including phenoxy) is 2. The molecule has 2 fully saturated rings. The van der Waals surface area contributed by atoms with Crippen LogP contribution in [0.25, 0.3) is 0 Å². The minimum Gasteiger partial charge on any atom is -0.496 e. The Balaban J connectivity index is 1.11. The van der Waals surface area contributed by atoms with Gasteiger partial charge < -0.3 is 24.2 Å². The fourth-order valence-electron chi connectivity index (χ4n) is 5.55. The van der Waals surface area contributed by atoms with Crippen molar-refractivity contribution in [3.63, 3.8) is 0 Å². The van der Waals surface area contributed by atoms with Gasteiger partial charge in [0.2, 0.25) is 5.89 Å². The summed E-state index contributed by atoms with van der Waals surface area (Å²) in [6.45, 7) is 5.76. The number of para-hydroxylation sites is 1. The second-order valence-electron chi connectivity index (χ2n) is 9.75. The number of nitrogens with zero attached hydrogens (tertiary/aromatic N) is 3. The maximum atomic E-state index is 13.5. The van der Waals surface area contributed by atoms with Crippen LogP contribution >= 0.6 is 0 Å². The molecule has 0 saturated carbocycles. The molecule has 0 aliphatic carbocycles. The van der Waals surface area contributed by atoms with Gasteiger partial charge in [-0.1, -0.05) is 35.5 Å². The molecule has 192 valence electrons. The minimum absolute atomic E-state index is 0.247. The van der Waals surface area contributed by atoms with Gasteiger partial charge in [-0.05, 0) is 74.0 Å². The van der Waals surface area contributed by atoms with Gasteiger partial charge in [-0.25, -0.2) is 4.39 Å². The highest BCUT2D eigenvalue weighted by molar-refractivity contribution is 5.36. The van der Waals surface area contributed by atoms with Crippen LogP contribution in [0.1, 0.15) is 54.4 Å². The number of hydrogen-bond donors (Lipinski definition) is 1. The Bertz CT molecular complexity index is 1110. The number of rotatable bonds is 9. The number of likely N-dealkylation sites (tertiary alicyclic amines) is 1. The van der Waals surface area contributed by atoms with Crippen molar-refractivity contribution in [3.8, 4) is 5.75 Å². The molecule has 2 saturated heterocycles. The molecule has 2 aliphatic heterocycles. The summed E-state index contributed by atoms with van der Waals surface area (Å²) in [6, 6.07) is 15.0. The summed E-state index contributed by atoms with van der Waals surface area (Å²) in [6.07, 6.45) is 3.77. The third-order valence-electron chi connectivity index (χ3n) is 7.69. The predicted molar refractivity (Wildman–Crippen MR) is 135 cm³/mol. The molecule has 0 unspecified atom stereocenters. The van der Waals surface area contributed by atoms with E-state index in [0.29, 0.717) is 37.4 Å². The van der Waals surface area contributed by atoms with E-state index in [1.165, 1.54) is 17.7 Å². The molecular formula is C28H35FN4O3. The monoisotopic (exact) mass is 494 g/mol. The Hall–Kier alpha value is -2.81. The molecule has 2 aromatic carbocycles. The highest BCUT2D eigenvalue weighted by atomic mass is 19.1. The van der Waals surface area contributed by atoms with E-state index in [9.17, 15) is 4.39 Å². The first-order valence-corrected chi connectivity index (χ1v) is 12.9. The van der Waals surface area contributed by atoms with Gasteiger partial charge in [0.25, 0.3) is 0 Å². The number of hydrogen-bond acceptors (Lipinski definition) is 7. The zero-order valence-electron chi connectivity index (χ0n) is 20.9. The summed E-state index contributed by atoms with van der Waals surface area (Å²) < 4.78 is 30.3. The molecule has 36 heavy (non-hydrogen) atoms. The van der Waals surface area contributed by atoms with Gasteiger partial charge in [-0.3, -0.25) is 0 Å². The van der Waals surface area contributed by atoms with E-state index < -0.39 is 5.41 Å². The van der Waals surface area contributed by atoms with Crippen LogP contribution in [0.4, 0.5) is 4.39 Å². The van der Waals surface area contributed by atoms with Gasteiger partial charge in [-0.15, -0.1) is 0 Å². The molecule has 0 amide bonds. The van der Waals surface area contributed by atoms with Crippen molar-refractivity contribution in [2.24, 2.45) is 0 Å². The van der Waals surface area contributed by atoms with Gasteiger partial charge in [0, 0.05) is 26.3 Å². The molecule has 7 nitrogen and oxygen atoms in total. The van der Waals surface area contributed by atoms with E-state index in [1.807, 2.05) is 18.2 Å². The first kappa shape index (κ1) is 24.9. The summed E-state index contributed by atoms with van der Waals surface area (Å²) in [5, 5.41) is 7.79. The van der Waals surface area contributed by atoms with Crippen LogP contribution in [0.5, 0.6) is 5.75 Å². The first-order chi connectivity index (χ1) is 17.7. The molecule has 3 aromatic rings. The van der Waals surface area contributed by atoms with Gasteiger partial charge >= 0.3 is 0 Å². The standard InChI is InChI=1S/C28H35FN4O3/c1-34-25-5-3-2-4-24(25)21-10-15-33(16-11-21)17-14-30-20-26-31-27(32-36-26)28(12-18-35-19-13-28)22-6-8-23(29)9-7-22/h2-9,21,30H,10-20H2,1H3. The van der Waals surface area contributed by atoms with Crippen molar-refractivity contribution in [1.82, 2.24) is 20.4 Å². The predicted octanol–water partition coefficient (Wildman–Crippen LogP) is 4.28. The number of piperidine rings is 1. The molecule has 8 heteroatoms. The van der Waals surface area contributed by atoms with Gasteiger partial charge in [0.15, 0.2) is 5.82 Å². The topological polar surface area (TPSA) is 72.7 Å². The quantitative estimate of drug-likeness (QED) is 0.445. The van der Waals surface area contributed by atoms with Gasteiger partial charge in [-0.2, -0.15) is 4.98 Å². The van der Waals surface area contributed by atoms with Crippen LogP contribution < -0.4 is 10.1 Å². The average molecular weight is 495 g/mol. The largest absolute Gasteiger partial charge is 0.496 e. The lowest BCUT2D eigenvalue weighted by atomic mass is 9.73. The Labute approximate surface area is 212 Å². The number of nitrogens with one attached hydrogen (secondary N) is 1. The molecule has 1 N–H and O–H groups in total. The van der Waals surface area contributed by atoms with Crippen LogP contribution in [0.3, 0.4) is 0 Å². The maximum absolute atomic E-state index is 13.5. The molecular weight excluding hydrogens is 459 g/mol. The molecule has 0 spiro atoms. The Morgan fingerprint density at radius 3 is 2.58 bits per heavy atom. The van der Waals surface area contributed by atoms with Crippen molar-refractivity contribution in [3.05, 3.63) is 77.2 Å². The van der Waals surface area contributed by atoms with Crippen molar-refractivity contribution in [2.45, 2.75) is 43.6 Å². The van der Waals surface area contributed by atoms with Gasteiger partial charge in [0.05, 0.1) is 19.1 Å². The zero-order valence-corrected chi connectivity index (χ0v) is 20.9. The van der Waals surface area contributed by atoms with Crippen LogP contribution in [-0.2, 0) is 16.7 Å². The highest BCUT2D eigenvalue weighted by Crippen LogP contribution is 2.40. The molecule has 1 aromatic heterocycles. The normalized spacial score (nSPS) is 18.8. The Kier molecular flexibility index (Phi) is 7.94. The Morgan fingerprint density at radius 2 is 1.83 bits per heavy atom. The SMILES string of the molecule is COc1ccccc1C1CCN(CCNCc2nc(C3(c4ccc(F)cc4)CCOCC3)no2)CC1. The third kappa shape index (κ3) is 5.45. The number of benzene rings is 2. The molecule has 0 bridgehead atoms. The van der Waals surface area contributed by atoms with E-state index in [0.717, 1.165) is 63.2 Å². The van der Waals surface area contributed by atoms with Crippen molar-refractivity contribution < 1.29 is 18.4 Å². The maximum Gasteiger partial charge on any atom is 0.240 e. The first-order valence-electron chi connectivity index (χ1n) is 12.9. The smallest absolute Gasteiger partial charge is 0.240 e. The minimum atomic E-state index is -0.403. The van der Waals surface area contributed by atoms with Gasteiger partial charge in [0.1, 0.15) is 11.6 Å². The third-order valence-corrected chi connectivity index (χ3v) is 7.69. The average Bonchev–Trinajstić information content (AvgIpc) is 3.42. The van der Waals surface area contributed by atoms with Crippen molar-refractivity contribution in [1.29, 1.82) is 0 Å². The lowest BCUT2D eigenvalue weighted by Crippen LogP contribution is -2.37. The highest BCUT2D eigenvalue weighted by Gasteiger charge is 2.40. The van der Waals surface area contributed by atoms with Crippen LogP contribution in [0.15, 0.2) is 53.1 Å². The van der Waals surface area contributed by atoms with Crippen LogP contribution in [0.2, 0.25) is 0 Å². The van der Waals surface area contributed by atoms with E-state index in [-0.39, 0.29) is 5.82 Å². The number of aromatic nitrogens is 2. The zero-order chi connectivity index (χ0) is 24.8. The van der Waals surface area contributed by atoms with E-state index in [4.69, 9.17) is 19.0 Å². The number of methoxy groups -OCH3 is 1.